The van der Waals surface area contributed by atoms with Crippen LogP contribution >= 0.6 is 11.8 Å². The third kappa shape index (κ3) is 5.42. The summed E-state index contributed by atoms with van der Waals surface area (Å²) in [5.74, 6) is 1.34. The highest BCUT2D eigenvalue weighted by Crippen LogP contribution is 2.48. The number of hydrogen-bond donors (Lipinski definition) is 1. The van der Waals surface area contributed by atoms with Crippen LogP contribution in [0.2, 0.25) is 0 Å². The molecule has 2 aliphatic heterocycles. The van der Waals surface area contributed by atoms with Gasteiger partial charge in [-0.15, -0.1) is 0 Å². The van der Waals surface area contributed by atoms with E-state index in [-0.39, 0.29) is 5.92 Å². The number of anilines is 2. The molecule has 178 valence electrons. The van der Waals surface area contributed by atoms with Gasteiger partial charge in [0, 0.05) is 36.5 Å². The summed E-state index contributed by atoms with van der Waals surface area (Å²) in [6.45, 7) is 5.03. The number of aliphatic carboxylic acids is 1. The molecule has 1 fully saturated rings. The van der Waals surface area contributed by atoms with E-state index < -0.39 is 5.97 Å². The largest absolute Gasteiger partial charge is 0.496 e. The van der Waals surface area contributed by atoms with E-state index in [1.807, 2.05) is 0 Å². The molecule has 0 saturated carbocycles. The van der Waals surface area contributed by atoms with Gasteiger partial charge < -0.3 is 14.6 Å². The number of carboxylic acid groups (broad SMARTS) is 1. The van der Waals surface area contributed by atoms with Crippen molar-refractivity contribution in [3.63, 3.8) is 0 Å². The van der Waals surface area contributed by atoms with Gasteiger partial charge in [0.25, 0.3) is 0 Å². The predicted molar refractivity (Wildman–Crippen MR) is 127 cm³/mol. The summed E-state index contributed by atoms with van der Waals surface area (Å²) in [6, 6.07) is 4.29. The standard InChI is InChI=1S/C24H32N4O4S/c1-16(24(29)30)4-5-17-6-10-27(11-7-17)14-18-12-19-21(13-20(18)32-3)33-23-22(25-8-9-26-23)28(19)15-31-2/h8-9,12-13,16-17H,4-7,10-11,14-15H2,1-3H3,(H,29,30). The van der Waals surface area contributed by atoms with E-state index in [1.54, 1.807) is 45.3 Å². The molecule has 1 atom stereocenters. The zero-order chi connectivity index (χ0) is 23.4. The quantitative estimate of drug-likeness (QED) is 0.570. The van der Waals surface area contributed by atoms with E-state index in [1.165, 1.54) is 0 Å². The fraction of sp³-hybridized carbons (Fsp3) is 0.542. The van der Waals surface area contributed by atoms with Crippen molar-refractivity contribution < 1.29 is 19.4 Å². The minimum Gasteiger partial charge on any atom is -0.496 e. The van der Waals surface area contributed by atoms with Gasteiger partial charge in [-0.1, -0.05) is 18.7 Å². The minimum atomic E-state index is -0.693. The number of piperidine rings is 1. The van der Waals surface area contributed by atoms with Crippen molar-refractivity contribution in [1.29, 1.82) is 0 Å². The van der Waals surface area contributed by atoms with Gasteiger partial charge >= 0.3 is 5.97 Å². The van der Waals surface area contributed by atoms with Crippen molar-refractivity contribution in [2.24, 2.45) is 11.8 Å². The van der Waals surface area contributed by atoms with E-state index in [9.17, 15) is 4.79 Å². The van der Waals surface area contributed by atoms with Crippen LogP contribution in [0.25, 0.3) is 0 Å². The molecule has 0 radical (unpaired) electrons. The highest BCUT2D eigenvalue weighted by atomic mass is 32.2. The Bertz CT molecular complexity index is 981. The number of aromatic nitrogens is 2. The molecule has 1 aromatic heterocycles. The minimum absolute atomic E-state index is 0.259. The maximum atomic E-state index is 11.1. The summed E-state index contributed by atoms with van der Waals surface area (Å²) >= 11 is 1.60. The van der Waals surface area contributed by atoms with Gasteiger partial charge in [-0.25, -0.2) is 9.97 Å². The first-order chi connectivity index (χ1) is 16.0. The van der Waals surface area contributed by atoms with Gasteiger partial charge in [0.1, 0.15) is 17.5 Å². The molecule has 1 N–H and O–H groups in total. The molecule has 9 heteroatoms. The van der Waals surface area contributed by atoms with E-state index in [0.717, 1.165) is 78.1 Å². The second-order valence-electron chi connectivity index (χ2n) is 8.80. The molecule has 0 aliphatic carbocycles. The van der Waals surface area contributed by atoms with Crippen molar-refractivity contribution in [2.75, 3.05) is 38.9 Å². The number of carbonyl (C=O) groups is 1. The number of likely N-dealkylation sites (tertiary alicyclic amines) is 1. The van der Waals surface area contributed by atoms with E-state index in [4.69, 9.17) is 14.6 Å². The lowest BCUT2D eigenvalue weighted by Gasteiger charge is -2.34. The summed E-state index contributed by atoms with van der Waals surface area (Å²) in [5, 5.41) is 9.98. The Morgan fingerprint density at radius 1 is 1.24 bits per heavy atom. The number of carboxylic acids is 1. The van der Waals surface area contributed by atoms with E-state index >= 15 is 0 Å². The van der Waals surface area contributed by atoms with E-state index in [2.05, 4.69) is 31.9 Å². The first-order valence-corrected chi connectivity index (χ1v) is 12.2. The molecule has 0 amide bonds. The second-order valence-corrected chi connectivity index (χ2v) is 9.83. The number of ether oxygens (including phenoxy) is 2. The molecule has 0 bridgehead atoms. The van der Waals surface area contributed by atoms with Crippen molar-refractivity contribution in [2.45, 2.75) is 49.1 Å². The molecule has 4 rings (SSSR count). The van der Waals surface area contributed by atoms with Gasteiger partial charge in [0.05, 0.1) is 18.7 Å². The number of nitrogens with zero attached hydrogens (tertiary/aromatic N) is 4. The zero-order valence-electron chi connectivity index (χ0n) is 19.5. The predicted octanol–water partition coefficient (Wildman–Crippen LogP) is 4.40. The number of methoxy groups -OCH3 is 2. The SMILES string of the molecule is COCN1c2cc(CN3CCC(CCC(C)C(=O)O)CC3)c(OC)cc2Sc2nccnc21. The summed E-state index contributed by atoms with van der Waals surface area (Å²) < 4.78 is 11.2. The molecular formula is C24H32N4O4S. The highest BCUT2D eigenvalue weighted by Gasteiger charge is 2.28. The molecule has 0 spiro atoms. The number of fused-ring (bicyclic) bond motifs is 2. The van der Waals surface area contributed by atoms with Crippen LogP contribution in [0.4, 0.5) is 11.5 Å². The maximum absolute atomic E-state index is 11.1. The van der Waals surface area contributed by atoms with Crippen LogP contribution in [0.1, 0.15) is 38.2 Å². The lowest BCUT2D eigenvalue weighted by atomic mass is 9.89. The zero-order valence-corrected chi connectivity index (χ0v) is 20.3. The summed E-state index contributed by atoms with van der Waals surface area (Å²) in [6.07, 6.45) is 7.38. The lowest BCUT2D eigenvalue weighted by molar-refractivity contribution is -0.141. The number of rotatable bonds is 9. The Hall–Kier alpha value is -2.36. The Morgan fingerprint density at radius 2 is 2.00 bits per heavy atom. The van der Waals surface area contributed by atoms with Crippen LogP contribution < -0.4 is 9.64 Å². The first kappa shape index (κ1) is 23.8. The van der Waals surface area contributed by atoms with Crippen molar-refractivity contribution in [3.05, 3.63) is 30.1 Å². The Morgan fingerprint density at radius 3 is 2.70 bits per heavy atom. The summed E-state index contributed by atoms with van der Waals surface area (Å²) in [5.41, 5.74) is 2.20. The Labute approximate surface area is 199 Å². The number of hydrogen-bond acceptors (Lipinski definition) is 8. The molecule has 8 nitrogen and oxygen atoms in total. The Balaban J connectivity index is 1.46. The van der Waals surface area contributed by atoms with Crippen LogP contribution in [0.15, 0.2) is 34.4 Å². The average molecular weight is 473 g/mol. The fourth-order valence-corrected chi connectivity index (χ4v) is 5.55. The molecule has 2 aliphatic rings. The summed E-state index contributed by atoms with van der Waals surface area (Å²) in [7, 11) is 3.40. The fourth-order valence-electron chi connectivity index (χ4n) is 4.54. The number of benzene rings is 1. The van der Waals surface area contributed by atoms with Crippen molar-refractivity contribution >= 4 is 29.2 Å². The smallest absolute Gasteiger partial charge is 0.306 e. The average Bonchev–Trinajstić information content (AvgIpc) is 2.83. The third-order valence-corrected chi connectivity index (χ3v) is 7.58. The molecule has 3 heterocycles. The second kappa shape index (κ2) is 10.7. The molecule has 1 aromatic carbocycles. The van der Waals surface area contributed by atoms with Gasteiger partial charge in [0.2, 0.25) is 0 Å². The molecule has 33 heavy (non-hydrogen) atoms. The van der Waals surface area contributed by atoms with Crippen LogP contribution in [0.5, 0.6) is 5.75 Å². The van der Waals surface area contributed by atoms with Crippen molar-refractivity contribution in [1.82, 2.24) is 14.9 Å². The molecule has 1 saturated heterocycles. The monoisotopic (exact) mass is 472 g/mol. The lowest BCUT2D eigenvalue weighted by Crippen LogP contribution is -2.33. The van der Waals surface area contributed by atoms with E-state index in [0.29, 0.717) is 12.6 Å². The summed E-state index contributed by atoms with van der Waals surface area (Å²) in [4.78, 5) is 25.7. The molecule has 2 aromatic rings. The topological polar surface area (TPSA) is 88.0 Å². The van der Waals surface area contributed by atoms with Crippen molar-refractivity contribution in [3.8, 4) is 5.75 Å². The molecule has 1 unspecified atom stereocenters. The maximum Gasteiger partial charge on any atom is 0.306 e. The van der Waals surface area contributed by atoms with Crippen LogP contribution in [0, 0.1) is 11.8 Å². The van der Waals surface area contributed by atoms with Gasteiger partial charge in [-0.2, -0.15) is 0 Å². The van der Waals surface area contributed by atoms with Gasteiger partial charge in [-0.05, 0) is 56.8 Å². The molecular weight excluding hydrogens is 440 g/mol. The third-order valence-electron chi connectivity index (χ3n) is 6.55. The first-order valence-electron chi connectivity index (χ1n) is 11.4. The van der Waals surface area contributed by atoms with Gasteiger partial charge in [-0.3, -0.25) is 14.6 Å². The van der Waals surface area contributed by atoms with Crippen LogP contribution in [0.3, 0.4) is 0 Å². The Kier molecular flexibility index (Phi) is 7.72. The normalized spacial score (nSPS) is 17.4. The van der Waals surface area contributed by atoms with Crippen LogP contribution in [-0.2, 0) is 16.1 Å². The highest BCUT2D eigenvalue weighted by molar-refractivity contribution is 7.99. The van der Waals surface area contributed by atoms with Crippen LogP contribution in [-0.4, -0.2) is 60.0 Å². The van der Waals surface area contributed by atoms with Gasteiger partial charge in [0.15, 0.2) is 5.82 Å².